The van der Waals surface area contributed by atoms with E-state index in [0.717, 1.165) is 36.1 Å². The van der Waals surface area contributed by atoms with E-state index in [9.17, 15) is 0 Å². The van der Waals surface area contributed by atoms with Gasteiger partial charge in [0.25, 0.3) is 5.89 Å². The fourth-order valence-corrected chi connectivity index (χ4v) is 3.26. The lowest BCUT2D eigenvalue weighted by Gasteiger charge is -2.22. The smallest absolute Gasteiger partial charge is 0.258 e. The van der Waals surface area contributed by atoms with Gasteiger partial charge in [0.05, 0.1) is 12.7 Å². The molecule has 122 valence electrons. The average molecular weight is 321 g/mol. The van der Waals surface area contributed by atoms with E-state index in [1.807, 2.05) is 30.3 Å². The molecule has 0 fully saturated rings. The number of para-hydroxylation sites is 1. The largest absolute Gasteiger partial charge is 0.496 e. The fourth-order valence-electron chi connectivity index (χ4n) is 3.26. The van der Waals surface area contributed by atoms with Crippen molar-refractivity contribution in [1.29, 1.82) is 0 Å². The topological polar surface area (TPSA) is 74.2 Å². The summed E-state index contributed by atoms with van der Waals surface area (Å²) in [6, 6.07) is 14.0. The summed E-state index contributed by atoms with van der Waals surface area (Å²) in [5.41, 5.74) is 10.4. The molecule has 1 aliphatic rings. The standard InChI is InChI=1S/C19H19N3O2/c1-23-17-8-3-2-6-15(17)18-21-19(24-22-18)13-9-10-14-12(11-13)5-4-7-16(14)20/h2-3,6,8-11,16H,4-5,7,20H2,1H3. The van der Waals surface area contributed by atoms with Crippen molar-refractivity contribution >= 4 is 0 Å². The van der Waals surface area contributed by atoms with Gasteiger partial charge in [0, 0.05) is 11.6 Å². The number of ether oxygens (including phenoxy) is 1. The highest BCUT2D eigenvalue weighted by Crippen LogP contribution is 2.33. The third kappa shape index (κ3) is 2.57. The van der Waals surface area contributed by atoms with Gasteiger partial charge >= 0.3 is 0 Å². The summed E-state index contributed by atoms with van der Waals surface area (Å²) in [4.78, 5) is 4.54. The van der Waals surface area contributed by atoms with E-state index in [0.29, 0.717) is 11.7 Å². The van der Waals surface area contributed by atoms with Crippen molar-refractivity contribution in [1.82, 2.24) is 10.1 Å². The number of fused-ring (bicyclic) bond motifs is 1. The zero-order valence-corrected chi connectivity index (χ0v) is 13.5. The predicted octanol–water partition coefficient (Wildman–Crippen LogP) is 3.75. The van der Waals surface area contributed by atoms with Crippen molar-refractivity contribution in [2.24, 2.45) is 5.73 Å². The van der Waals surface area contributed by atoms with Crippen LogP contribution in [0, 0.1) is 0 Å². The third-order valence-electron chi connectivity index (χ3n) is 4.52. The molecule has 0 aliphatic heterocycles. The third-order valence-corrected chi connectivity index (χ3v) is 4.52. The van der Waals surface area contributed by atoms with Crippen LogP contribution in [-0.2, 0) is 6.42 Å². The summed E-state index contributed by atoms with van der Waals surface area (Å²) >= 11 is 0. The van der Waals surface area contributed by atoms with E-state index in [4.69, 9.17) is 15.0 Å². The number of methoxy groups -OCH3 is 1. The number of aromatic nitrogens is 2. The number of rotatable bonds is 3. The molecule has 0 spiro atoms. The zero-order chi connectivity index (χ0) is 16.5. The number of benzene rings is 2. The first kappa shape index (κ1) is 14.9. The van der Waals surface area contributed by atoms with Crippen LogP contribution in [0.2, 0.25) is 0 Å². The molecule has 2 aromatic carbocycles. The van der Waals surface area contributed by atoms with E-state index in [2.05, 4.69) is 22.3 Å². The number of hydrogen-bond acceptors (Lipinski definition) is 5. The summed E-state index contributed by atoms with van der Waals surface area (Å²) in [6.07, 6.45) is 3.21. The Balaban J connectivity index is 1.70. The highest BCUT2D eigenvalue weighted by molar-refractivity contribution is 5.66. The molecule has 4 rings (SSSR count). The van der Waals surface area contributed by atoms with E-state index in [1.54, 1.807) is 7.11 Å². The molecule has 2 N–H and O–H groups in total. The van der Waals surface area contributed by atoms with E-state index in [-0.39, 0.29) is 6.04 Å². The van der Waals surface area contributed by atoms with Crippen molar-refractivity contribution < 1.29 is 9.26 Å². The van der Waals surface area contributed by atoms with E-state index in [1.165, 1.54) is 11.1 Å². The Bertz CT molecular complexity index is 873. The quantitative estimate of drug-likeness (QED) is 0.795. The van der Waals surface area contributed by atoms with Crippen LogP contribution < -0.4 is 10.5 Å². The monoisotopic (exact) mass is 321 g/mol. The molecule has 1 unspecified atom stereocenters. The molecule has 5 heteroatoms. The van der Waals surface area contributed by atoms with Crippen molar-refractivity contribution in [2.75, 3.05) is 7.11 Å². The Morgan fingerprint density at radius 2 is 2.08 bits per heavy atom. The predicted molar refractivity (Wildman–Crippen MR) is 91.6 cm³/mol. The zero-order valence-electron chi connectivity index (χ0n) is 13.5. The number of hydrogen-bond donors (Lipinski definition) is 1. The lowest BCUT2D eigenvalue weighted by molar-refractivity contribution is 0.413. The van der Waals surface area contributed by atoms with Crippen molar-refractivity contribution in [3.8, 4) is 28.6 Å². The molecule has 3 aromatic rings. The average Bonchev–Trinajstić information content (AvgIpc) is 3.11. The lowest BCUT2D eigenvalue weighted by Crippen LogP contribution is -2.17. The van der Waals surface area contributed by atoms with Crippen LogP contribution in [0.1, 0.15) is 30.0 Å². The Labute approximate surface area is 140 Å². The number of nitrogens with two attached hydrogens (primary N) is 1. The second kappa shape index (κ2) is 6.09. The molecular weight excluding hydrogens is 302 g/mol. The molecule has 0 saturated heterocycles. The van der Waals surface area contributed by atoms with Crippen LogP contribution in [-0.4, -0.2) is 17.3 Å². The van der Waals surface area contributed by atoms with Gasteiger partial charge in [-0.2, -0.15) is 4.98 Å². The Hall–Kier alpha value is -2.66. The van der Waals surface area contributed by atoms with Crippen LogP contribution in [0.3, 0.4) is 0 Å². The Morgan fingerprint density at radius 3 is 2.96 bits per heavy atom. The number of nitrogens with zero attached hydrogens (tertiary/aromatic N) is 2. The van der Waals surface area contributed by atoms with Crippen LogP contribution in [0.25, 0.3) is 22.8 Å². The molecule has 0 saturated carbocycles. The molecule has 24 heavy (non-hydrogen) atoms. The van der Waals surface area contributed by atoms with Crippen molar-refractivity contribution in [2.45, 2.75) is 25.3 Å². The molecule has 1 atom stereocenters. The van der Waals surface area contributed by atoms with Gasteiger partial charge < -0.3 is 15.0 Å². The first-order valence-corrected chi connectivity index (χ1v) is 8.12. The van der Waals surface area contributed by atoms with Gasteiger partial charge in [0.2, 0.25) is 5.82 Å². The Morgan fingerprint density at radius 1 is 1.21 bits per heavy atom. The maximum atomic E-state index is 6.18. The van der Waals surface area contributed by atoms with E-state index >= 15 is 0 Å². The highest BCUT2D eigenvalue weighted by Gasteiger charge is 2.19. The van der Waals surface area contributed by atoms with Crippen LogP contribution in [0.5, 0.6) is 5.75 Å². The van der Waals surface area contributed by atoms with Gasteiger partial charge in [-0.05, 0) is 54.7 Å². The molecule has 1 aromatic heterocycles. The summed E-state index contributed by atoms with van der Waals surface area (Å²) in [5, 5.41) is 4.11. The second-order valence-electron chi connectivity index (χ2n) is 6.04. The second-order valence-corrected chi connectivity index (χ2v) is 6.04. The molecule has 5 nitrogen and oxygen atoms in total. The Kier molecular flexibility index (Phi) is 3.78. The minimum atomic E-state index is 0.134. The summed E-state index contributed by atoms with van der Waals surface area (Å²) in [5.74, 6) is 1.76. The van der Waals surface area contributed by atoms with Crippen molar-refractivity contribution in [3.63, 3.8) is 0 Å². The van der Waals surface area contributed by atoms with Gasteiger partial charge in [0.15, 0.2) is 0 Å². The number of aryl methyl sites for hydroxylation is 1. The van der Waals surface area contributed by atoms with Crippen LogP contribution >= 0.6 is 0 Å². The van der Waals surface area contributed by atoms with Crippen LogP contribution in [0.15, 0.2) is 47.0 Å². The molecule has 1 heterocycles. The normalized spacial score (nSPS) is 16.7. The van der Waals surface area contributed by atoms with Gasteiger partial charge in [0.1, 0.15) is 5.75 Å². The molecule has 0 amide bonds. The van der Waals surface area contributed by atoms with E-state index < -0.39 is 0 Å². The van der Waals surface area contributed by atoms with Gasteiger partial charge in [-0.25, -0.2) is 0 Å². The molecule has 1 aliphatic carbocycles. The van der Waals surface area contributed by atoms with Gasteiger partial charge in [-0.15, -0.1) is 0 Å². The molecular formula is C19H19N3O2. The maximum absolute atomic E-state index is 6.18. The SMILES string of the molecule is COc1ccccc1-c1noc(-c2ccc3c(c2)CCCC3N)n1. The van der Waals surface area contributed by atoms with Gasteiger partial charge in [-0.1, -0.05) is 23.4 Å². The van der Waals surface area contributed by atoms with Gasteiger partial charge in [-0.3, -0.25) is 0 Å². The van der Waals surface area contributed by atoms with Crippen molar-refractivity contribution in [3.05, 3.63) is 53.6 Å². The summed E-state index contributed by atoms with van der Waals surface area (Å²) in [7, 11) is 1.63. The minimum absolute atomic E-state index is 0.134. The molecule has 0 bridgehead atoms. The lowest BCUT2D eigenvalue weighted by atomic mass is 9.87. The first-order valence-electron chi connectivity index (χ1n) is 8.12. The fraction of sp³-hybridized carbons (Fsp3) is 0.263. The van der Waals surface area contributed by atoms with Crippen LogP contribution in [0.4, 0.5) is 0 Å². The maximum Gasteiger partial charge on any atom is 0.258 e. The highest BCUT2D eigenvalue weighted by atomic mass is 16.5. The minimum Gasteiger partial charge on any atom is -0.496 e. The summed E-state index contributed by atoms with van der Waals surface area (Å²) in [6.45, 7) is 0. The molecule has 0 radical (unpaired) electrons. The first-order chi connectivity index (χ1) is 11.8. The summed E-state index contributed by atoms with van der Waals surface area (Å²) < 4.78 is 10.8.